The average Bonchev–Trinajstić information content (AvgIpc) is 3.34. The summed E-state index contributed by atoms with van der Waals surface area (Å²) in [6.07, 6.45) is 2.12. The zero-order valence-corrected chi connectivity index (χ0v) is 19.6. The summed E-state index contributed by atoms with van der Waals surface area (Å²) in [5, 5.41) is 16.5. The van der Waals surface area contributed by atoms with Gasteiger partial charge < -0.3 is 5.32 Å². The lowest BCUT2D eigenvalue weighted by Crippen LogP contribution is -2.16. The van der Waals surface area contributed by atoms with E-state index in [0.717, 1.165) is 39.0 Å². The Labute approximate surface area is 201 Å². The first kappa shape index (κ1) is 21.8. The summed E-state index contributed by atoms with van der Waals surface area (Å²) in [4.78, 5) is 18.0. The Balaban J connectivity index is 1.48. The summed E-state index contributed by atoms with van der Waals surface area (Å²) >= 11 is 1.45. The molecule has 0 radical (unpaired) electrons. The second-order valence-corrected chi connectivity index (χ2v) is 8.56. The minimum absolute atomic E-state index is 0.115. The molecular weight excluding hydrogens is 444 g/mol. The van der Waals surface area contributed by atoms with Gasteiger partial charge in [-0.2, -0.15) is 4.68 Å². The normalized spacial score (nSPS) is 11.0. The molecule has 2 aromatic heterocycles. The molecule has 5 rings (SSSR count). The number of carbonyl (C=O) groups excluding carboxylic acids is 1. The van der Waals surface area contributed by atoms with Gasteiger partial charge in [0.2, 0.25) is 11.1 Å². The smallest absolute Gasteiger partial charge is 0.228 e. The van der Waals surface area contributed by atoms with Crippen LogP contribution in [0, 0.1) is 6.92 Å². The quantitative estimate of drug-likeness (QED) is 0.351. The van der Waals surface area contributed by atoms with Crippen molar-refractivity contribution >= 4 is 34.3 Å². The van der Waals surface area contributed by atoms with Crippen LogP contribution in [0.15, 0.2) is 84.0 Å². The molecular formula is C26H22N6OS. The fraction of sp³-hybridized carbons (Fsp3) is 0.115. The molecule has 7 nitrogen and oxygen atoms in total. The van der Waals surface area contributed by atoms with E-state index in [1.807, 2.05) is 73.8 Å². The van der Waals surface area contributed by atoms with Crippen LogP contribution >= 0.6 is 11.8 Å². The van der Waals surface area contributed by atoms with E-state index in [-0.39, 0.29) is 12.3 Å². The fourth-order valence-electron chi connectivity index (χ4n) is 4.07. The van der Waals surface area contributed by atoms with E-state index in [1.165, 1.54) is 11.8 Å². The summed E-state index contributed by atoms with van der Waals surface area (Å²) in [5.41, 5.74) is 6.26. The number of nitrogens with zero attached hydrogens (tertiary/aromatic N) is 5. The van der Waals surface area contributed by atoms with Crippen molar-refractivity contribution in [3.8, 4) is 16.8 Å². The lowest BCUT2D eigenvalue weighted by atomic mass is 9.92. The number of hydrogen-bond donors (Lipinski definition) is 1. The van der Waals surface area contributed by atoms with Crippen LogP contribution in [0.5, 0.6) is 0 Å². The summed E-state index contributed by atoms with van der Waals surface area (Å²) in [7, 11) is 0. The first-order valence-electron chi connectivity index (χ1n) is 10.8. The molecule has 0 aliphatic heterocycles. The number of pyridine rings is 1. The standard InChI is InChI=1S/C26H22N6OS/c1-17-22(25(18-9-4-3-5-10-18)21-13-6-7-14-23(21)27-17)16-24(33)28-19-11-8-12-20(15-19)32-26(34-2)29-30-31-32/h3-15H,16H2,1-2H3,(H,28,33). The van der Waals surface area contributed by atoms with Gasteiger partial charge in [0.1, 0.15) is 0 Å². The van der Waals surface area contributed by atoms with Crippen molar-refractivity contribution in [3.05, 3.63) is 90.1 Å². The van der Waals surface area contributed by atoms with E-state index in [2.05, 4.69) is 39.0 Å². The summed E-state index contributed by atoms with van der Waals surface area (Å²) in [5.74, 6) is -0.115. The van der Waals surface area contributed by atoms with Gasteiger partial charge in [-0.15, -0.1) is 5.10 Å². The summed E-state index contributed by atoms with van der Waals surface area (Å²) in [6.45, 7) is 1.96. The van der Waals surface area contributed by atoms with Crippen LogP contribution in [-0.4, -0.2) is 37.4 Å². The first-order valence-corrected chi connectivity index (χ1v) is 12.0. The highest BCUT2D eigenvalue weighted by atomic mass is 32.2. The van der Waals surface area contributed by atoms with Crippen LogP contribution in [0.25, 0.3) is 27.7 Å². The molecule has 0 saturated carbocycles. The maximum absolute atomic E-state index is 13.2. The molecule has 8 heteroatoms. The van der Waals surface area contributed by atoms with Gasteiger partial charge in [0.25, 0.3) is 0 Å². The molecule has 0 spiro atoms. The van der Waals surface area contributed by atoms with E-state index in [4.69, 9.17) is 4.98 Å². The molecule has 1 amide bonds. The second-order valence-electron chi connectivity index (χ2n) is 7.79. The van der Waals surface area contributed by atoms with Crippen molar-refractivity contribution in [2.75, 3.05) is 11.6 Å². The van der Waals surface area contributed by atoms with Crippen LogP contribution in [-0.2, 0) is 11.2 Å². The highest BCUT2D eigenvalue weighted by molar-refractivity contribution is 7.98. The summed E-state index contributed by atoms with van der Waals surface area (Å²) < 4.78 is 1.64. The number of anilines is 1. The highest BCUT2D eigenvalue weighted by Gasteiger charge is 2.17. The molecule has 0 atom stereocenters. The topological polar surface area (TPSA) is 85.6 Å². The van der Waals surface area contributed by atoms with Crippen molar-refractivity contribution < 1.29 is 4.79 Å². The number of thioether (sulfide) groups is 1. The number of aromatic nitrogens is 5. The molecule has 1 N–H and O–H groups in total. The van der Waals surface area contributed by atoms with Gasteiger partial charge in [-0.1, -0.05) is 66.4 Å². The highest BCUT2D eigenvalue weighted by Crippen LogP contribution is 2.33. The molecule has 2 heterocycles. The third kappa shape index (κ3) is 4.27. The van der Waals surface area contributed by atoms with Crippen molar-refractivity contribution in [3.63, 3.8) is 0 Å². The predicted molar refractivity (Wildman–Crippen MR) is 135 cm³/mol. The minimum atomic E-state index is -0.115. The number of fused-ring (bicyclic) bond motifs is 1. The van der Waals surface area contributed by atoms with Crippen LogP contribution in [0.3, 0.4) is 0 Å². The average molecular weight is 467 g/mol. The molecule has 5 aromatic rings. The van der Waals surface area contributed by atoms with E-state index >= 15 is 0 Å². The molecule has 0 fully saturated rings. The van der Waals surface area contributed by atoms with Gasteiger partial charge in [-0.3, -0.25) is 9.78 Å². The number of carbonyl (C=O) groups is 1. The van der Waals surface area contributed by atoms with Crippen LogP contribution < -0.4 is 5.32 Å². The van der Waals surface area contributed by atoms with Crippen molar-refractivity contribution in [1.82, 2.24) is 25.2 Å². The maximum atomic E-state index is 13.2. The van der Waals surface area contributed by atoms with E-state index in [0.29, 0.717) is 10.8 Å². The van der Waals surface area contributed by atoms with Gasteiger partial charge in [0.15, 0.2) is 0 Å². The van der Waals surface area contributed by atoms with E-state index < -0.39 is 0 Å². The van der Waals surface area contributed by atoms with E-state index in [9.17, 15) is 4.79 Å². The Morgan fingerprint density at radius 3 is 2.62 bits per heavy atom. The zero-order chi connectivity index (χ0) is 23.5. The number of nitrogens with one attached hydrogen (secondary N) is 1. The number of rotatable bonds is 6. The van der Waals surface area contributed by atoms with Gasteiger partial charge >= 0.3 is 0 Å². The van der Waals surface area contributed by atoms with Crippen molar-refractivity contribution in [2.24, 2.45) is 0 Å². The van der Waals surface area contributed by atoms with Crippen LogP contribution in [0.4, 0.5) is 5.69 Å². The first-order chi connectivity index (χ1) is 16.6. The number of amides is 1. The van der Waals surface area contributed by atoms with Gasteiger partial charge in [0, 0.05) is 16.8 Å². The Kier molecular flexibility index (Phi) is 6.05. The maximum Gasteiger partial charge on any atom is 0.228 e. The Hall–Kier alpha value is -4.04. The minimum Gasteiger partial charge on any atom is -0.326 e. The van der Waals surface area contributed by atoms with E-state index in [1.54, 1.807) is 4.68 Å². The SMILES string of the molecule is CSc1nnnn1-c1cccc(NC(=O)Cc2c(C)nc3ccccc3c2-c2ccccc2)c1. The van der Waals surface area contributed by atoms with Gasteiger partial charge in [-0.25, -0.2) is 0 Å². The number of para-hydroxylation sites is 1. The second kappa shape index (κ2) is 9.44. The number of aryl methyl sites for hydroxylation is 1. The Morgan fingerprint density at radius 2 is 1.79 bits per heavy atom. The molecule has 168 valence electrons. The Morgan fingerprint density at radius 1 is 1.00 bits per heavy atom. The van der Waals surface area contributed by atoms with Crippen LogP contribution in [0.2, 0.25) is 0 Å². The van der Waals surface area contributed by atoms with Gasteiger partial charge in [0.05, 0.1) is 17.6 Å². The molecule has 0 saturated heterocycles. The molecule has 3 aromatic carbocycles. The number of benzene rings is 3. The lowest BCUT2D eigenvalue weighted by molar-refractivity contribution is -0.115. The number of hydrogen-bond acceptors (Lipinski definition) is 6. The molecule has 0 aliphatic rings. The fourth-order valence-corrected chi connectivity index (χ4v) is 4.51. The molecule has 0 aliphatic carbocycles. The lowest BCUT2D eigenvalue weighted by Gasteiger charge is -2.16. The van der Waals surface area contributed by atoms with Crippen molar-refractivity contribution in [1.29, 1.82) is 0 Å². The predicted octanol–water partition coefficient (Wildman–Crippen LogP) is 5.09. The third-order valence-electron chi connectivity index (χ3n) is 5.60. The monoisotopic (exact) mass is 466 g/mol. The van der Waals surface area contributed by atoms with Crippen LogP contribution in [0.1, 0.15) is 11.3 Å². The zero-order valence-electron chi connectivity index (χ0n) is 18.8. The molecule has 34 heavy (non-hydrogen) atoms. The molecule has 0 bridgehead atoms. The number of tetrazole rings is 1. The summed E-state index contributed by atoms with van der Waals surface area (Å²) in [6, 6.07) is 25.7. The largest absolute Gasteiger partial charge is 0.326 e. The van der Waals surface area contributed by atoms with Gasteiger partial charge in [-0.05, 0) is 64.6 Å². The van der Waals surface area contributed by atoms with Crippen molar-refractivity contribution in [2.45, 2.75) is 18.5 Å². The molecule has 0 unspecified atom stereocenters. The Bertz CT molecular complexity index is 1480. The third-order valence-corrected chi connectivity index (χ3v) is 6.22.